The Bertz CT molecular complexity index is 1220. The van der Waals surface area contributed by atoms with Crippen LogP contribution in [-0.2, 0) is 4.79 Å². The highest BCUT2D eigenvalue weighted by Crippen LogP contribution is 2.49. The molecular weight excluding hydrogens is 372 g/mol. The minimum atomic E-state index is 0.0901. The number of ketones is 1. The predicted molar refractivity (Wildman–Crippen MR) is 122 cm³/mol. The molecular formula is C27H18OS. The molecule has 29 heavy (non-hydrogen) atoms. The molecule has 0 bridgehead atoms. The van der Waals surface area contributed by atoms with Crippen LogP contribution in [0.15, 0.2) is 108 Å². The monoisotopic (exact) mass is 390 g/mol. The third-order valence-corrected chi connectivity index (χ3v) is 5.88. The third kappa shape index (κ3) is 3.08. The molecule has 1 heterocycles. The van der Waals surface area contributed by atoms with Gasteiger partial charge < -0.3 is 0 Å². The average molecular weight is 391 g/mol. The fourth-order valence-corrected chi connectivity index (χ4v) is 4.60. The summed E-state index contributed by atoms with van der Waals surface area (Å²) in [7, 11) is 0. The molecule has 0 saturated heterocycles. The SMILES string of the molecule is O=C1C(c2ccccc2)=C(c2ccccc2)C(c2ccccc2)=C1c1ccsc1. The Morgan fingerprint density at radius 1 is 0.448 bits per heavy atom. The van der Waals surface area contributed by atoms with Crippen molar-refractivity contribution < 1.29 is 4.79 Å². The van der Waals surface area contributed by atoms with Crippen LogP contribution < -0.4 is 0 Å². The predicted octanol–water partition coefficient (Wildman–Crippen LogP) is 6.85. The van der Waals surface area contributed by atoms with E-state index in [-0.39, 0.29) is 5.78 Å². The van der Waals surface area contributed by atoms with Crippen LogP contribution in [0.3, 0.4) is 0 Å². The number of Topliss-reactive ketones (excluding diaryl/α,β-unsaturated/α-hetero) is 1. The van der Waals surface area contributed by atoms with Gasteiger partial charge in [-0.1, -0.05) is 91.0 Å². The maximum absolute atomic E-state index is 13.9. The molecule has 138 valence electrons. The van der Waals surface area contributed by atoms with Crippen LogP contribution >= 0.6 is 11.3 Å². The molecule has 0 saturated carbocycles. The first-order chi connectivity index (χ1) is 14.3. The van der Waals surface area contributed by atoms with Crippen molar-refractivity contribution in [1.29, 1.82) is 0 Å². The molecule has 3 aromatic carbocycles. The van der Waals surface area contributed by atoms with E-state index in [0.717, 1.165) is 44.5 Å². The van der Waals surface area contributed by atoms with E-state index in [0.29, 0.717) is 0 Å². The quantitative estimate of drug-likeness (QED) is 0.372. The van der Waals surface area contributed by atoms with E-state index in [9.17, 15) is 4.79 Å². The maximum Gasteiger partial charge on any atom is 0.195 e. The number of thiophene rings is 1. The standard InChI is InChI=1S/C27H18OS/c28-27-25(21-14-8-3-9-15-21)23(19-10-4-1-5-11-19)24(20-12-6-2-7-13-20)26(27)22-16-17-29-18-22/h1-18H. The Balaban J connectivity index is 1.87. The van der Waals surface area contributed by atoms with Gasteiger partial charge in [0.2, 0.25) is 0 Å². The summed E-state index contributed by atoms with van der Waals surface area (Å²) < 4.78 is 0. The van der Waals surface area contributed by atoms with Gasteiger partial charge in [-0.15, -0.1) is 0 Å². The summed E-state index contributed by atoms with van der Waals surface area (Å²) in [4.78, 5) is 13.9. The lowest BCUT2D eigenvalue weighted by Crippen LogP contribution is -2.01. The van der Waals surface area contributed by atoms with E-state index >= 15 is 0 Å². The van der Waals surface area contributed by atoms with Crippen molar-refractivity contribution in [2.75, 3.05) is 0 Å². The van der Waals surface area contributed by atoms with Crippen molar-refractivity contribution in [3.63, 3.8) is 0 Å². The summed E-state index contributed by atoms with van der Waals surface area (Å²) in [5, 5.41) is 4.09. The summed E-state index contributed by atoms with van der Waals surface area (Å²) >= 11 is 1.61. The van der Waals surface area contributed by atoms with Crippen LogP contribution in [0.1, 0.15) is 22.3 Å². The zero-order valence-corrected chi connectivity index (χ0v) is 16.5. The topological polar surface area (TPSA) is 17.1 Å². The minimum absolute atomic E-state index is 0.0901. The molecule has 5 rings (SSSR count). The molecule has 1 aliphatic carbocycles. The number of carbonyl (C=O) groups excluding carboxylic acids is 1. The Morgan fingerprint density at radius 3 is 1.28 bits per heavy atom. The summed E-state index contributed by atoms with van der Waals surface area (Å²) in [6.45, 7) is 0. The molecule has 0 spiro atoms. The van der Waals surface area contributed by atoms with Crippen LogP contribution in [0.4, 0.5) is 0 Å². The van der Waals surface area contributed by atoms with Gasteiger partial charge in [0.15, 0.2) is 5.78 Å². The van der Waals surface area contributed by atoms with Crippen LogP contribution in [0.2, 0.25) is 0 Å². The average Bonchev–Trinajstić information content (AvgIpc) is 3.41. The fourth-order valence-electron chi connectivity index (χ4n) is 3.95. The first kappa shape index (κ1) is 17.6. The van der Waals surface area contributed by atoms with Crippen molar-refractivity contribution in [2.45, 2.75) is 0 Å². The van der Waals surface area contributed by atoms with E-state index in [1.165, 1.54) is 0 Å². The van der Waals surface area contributed by atoms with E-state index < -0.39 is 0 Å². The Kier molecular flexibility index (Phi) is 4.55. The molecule has 0 atom stereocenters. The van der Waals surface area contributed by atoms with Gasteiger partial charge in [-0.25, -0.2) is 0 Å². The zero-order valence-electron chi connectivity index (χ0n) is 15.7. The van der Waals surface area contributed by atoms with E-state index in [1.807, 2.05) is 78.2 Å². The van der Waals surface area contributed by atoms with E-state index in [2.05, 4.69) is 29.6 Å². The Morgan fingerprint density at radius 2 is 0.862 bits per heavy atom. The second-order valence-electron chi connectivity index (χ2n) is 6.94. The number of hydrogen-bond acceptors (Lipinski definition) is 2. The molecule has 4 aromatic rings. The molecule has 0 N–H and O–H groups in total. The van der Waals surface area contributed by atoms with Crippen LogP contribution in [0.5, 0.6) is 0 Å². The van der Waals surface area contributed by atoms with E-state index in [4.69, 9.17) is 0 Å². The maximum atomic E-state index is 13.9. The van der Waals surface area contributed by atoms with Gasteiger partial charge >= 0.3 is 0 Å². The molecule has 1 aromatic heterocycles. The van der Waals surface area contributed by atoms with Gasteiger partial charge in [-0.05, 0) is 39.1 Å². The van der Waals surface area contributed by atoms with Gasteiger partial charge in [-0.3, -0.25) is 4.79 Å². The second-order valence-corrected chi connectivity index (χ2v) is 7.72. The summed E-state index contributed by atoms with van der Waals surface area (Å²) in [5.74, 6) is 0.0901. The highest BCUT2D eigenvalue weighted by atomic mass is 32.1. The van der Waals surface area contributed by atoms with Gasteiger partial charge in [0, 0.05) is 22.3 Å². The number of allylic oxidation sites excluding steroid dienone is 4. The van der Waals surface area contributed by atoms with Crippen LogP contribution in [0.25, 0.3) is 22.3 Å². The van der Waals surface area contributed by atoms with Gasteiger partial charge in [0.1, 0.15) is 0 Å². The third-order valence-electron chi connectivity index (χ3n) is 5.20. The normalized spacial score (nSPS) is 14.0. The molecule has 0 amide bonds. The van der Waals surface area contributed by atoms with Crippen molar-refractivity contribution in [3.05, 3.63) is 130 Å². The number of hydrogen-bond donors (Lipinski definition) is 0. The molecule has 0 fully saturated rings. The molecule has 0 aliphatic heterocycles. The largest absolute Gasteiger partial charge is 0.289 e. The lowest BCUT2D eigenvalue weighted by atomic mass is 9.89. The highest BCUT2D eigenvalue weighted by molar-refractivity contribution is 7.08. The molecule has 0 radical (unpaired) electrons. The number of carbonyl (C=O) groups is 1. The lowest BCUT2D eigenvalue weighted by molar-refractivity contribution is -0.108. The molecule has 0 unspecified atom stereocenters. The van der Waals surface area contributed by atoms with Gasteiger partial charge in [-0.2, -0.15) is 11.3 Å². The Labute approximate surface area is 174 Å². The van der Waals surface area contributed by atoms with Crippen molar-refractivity contribution in [2.24, 2.45) is 0 Å². The van der Waals surface area contributed by atoms with Crippen molar-refractivity contribution in [1.82, 2.24) is 0 Å². The lowest BCUT2D eigenvalue weighted by Gasteiger charge is -2.13. The Hall–Kier alpha value is -3.49. The smallest absolute Gasteiger partial charge is 0.195 e. The highest BCUT2D eigenvalue weighted by Gasteiger charge is 2.35. The minimum Gasteiger partial charge on any atom is -0.289 e. The van der Waals surface area contributed by atoms with Gasteiger partial charge in [0.05, 0.1) is 0 Å². The molecule has 2 heteroatoms. The fraction of sp³-hybridized carbons (Fsp3) is 0. The first-order valence-electron chi connectivity index (χ1n) is 9.57. The van der Waals surface area contributed by atoms with Crippen LogP contribution in [-0.4, -0.2) is 5.78 Å². The zero-order chi connectivity index (χ0) is 19.6. The summed E-state index contributed by atoms with van der Waals surface area (Å²) in [6, 6.07) is 32.5. The van der Waals surface area contributed by atoms with Crippen molar-refractivity contribution >= 4 is 39.4 Å². The summed E-state index contributed by atoms with van der Waals surface area (Å²) in [5.41, 5.74) is 7.64. The summed E-state index contributed by atoms with van der Waals surface area (Å²) in [6.07, 6.45) is 0. The van der Waals surface area contributed by atoms with Crippen molar-refractivity contribution in [3.8, 4) is 0 Å². The van der Waals surface area contributed by atoms with E-state index in [1.54, 1.807) is 11.3 Å². The number of rotatable bonds is 4. The molecule has 1 aliphatic rings. The van der Waals surface area contributed by atoms with Crippen LogP contribution in [0, 0.1) is 0 Å². The first-order valence-corrected chi connectivity index (χ1v) is 10.5. The second kappa shape index (κ2) is 7.50. The molecule has 1 nitrogen and oxygen atoms in total. The van der Waals surface area contributed by atoms with Gasteiger partial charge in [0.25, 0.3) is 0 Å². The number of benzene rings is 3.